The van der Waals surface area contributed by atoms with Crippen molar-refractivity contribution >= 4 is 17.3 Å². The zero-order valence-corrected chi connectivity index (χ0v) is 18.2. The maximum atomic E-state index is 12.7. The highest BCUT2D eigenvalue weighted by Gasteiger charge is 2.26. The van der Waals surface area contributed by atoms with Crippen molar-refractivity contribution in [3.63, 3.8) is 0 Å². The summed E-state index contributed by atoms with van der Waals surface area (Å²) in [5.74, 6) is 0.862. The van der Waals surface area contributed by atoms with E-state index in [0.29, 0.717) is 23.7 Å². The summed E-state index contributed by atoms with van der Waals surface area (Å²) in [6.45, 7) is 0.317. The fraction of sp³-hybridized carbons (Fsp3) is 0.409. The molecule has 2 aromatic rings. The van der Waals surface area contributed by atoms with E-state index in [1.165, 1.54) is 6.07 Å². The van der Waals surface area contributed by atoms with E-state index in [0.717, 1.165) is 18.4 Å². The number of nitrogens with one attached hydrogen (secondary N) is 2. The van der Waals surface area contributed by atoms with Gasteiger partial charge in [0.25, 0.3) is 11.6 Å². The van der Waals surface area contributed by atoms with Crippen LogP contribution in [0.5, 0.6) is 11.5 Å². The summed E-state index contributed by atoms with van der Waals surface area (Å²) in [4.78, 5) is 25.7. The van der Waals surface area contributed by atoms with Crippen LogP contribution in [0.3, 0.4) is 0 Å². The van der Waals surface area contributed by atoms with Crippen molar-refractivity contribution < 1.29 is 19.2 Å². The summed E-state index contributed by atoms with van der Waals surface area (Å²) >= 11 is 0. The lowest BCUT2D eigenvalue weighted by Crippen LogP contribution is -2.34. The Balaban J connectivity index is 1.74. The molecule has 1 fully saturated rings. The van der Waals surface area contributed by atoms with Crippen LogP contribution in [0.25, 0.3) is 0 Å². The van der Waals surface area contributed by atoms with Gasteiger partial charge in [0.2, 0.25) is 0 Å². The van der Waals surface area contributed by atoms with Gasteiger partial charge in [0, 0.05) is 24.2 Å². The number of nitro benzene ring substituents is 1. The van der Waals surface area contributed by atoms with Gasteiger partial charge in [-0.25, -0.2) is 0 Å². The van der Waals surface area contributed by atoms with E-state index in [2.05, 4.69) is 10.6 Å². The van der Waals surface area contributed by atoms with Gasteiger partial charge < -0.3 is 25.0 Å². The van der Waals surface area contributed by atoms with Gasteiger partial charge in [0.05, 0.1) is 25.2 Å². The second-order valence-electron chi connectivity index (χ2n) is 7.71. The third kappa shape index (κ3) is 5.43. The average Bonchev–Trinajstić information content (AvgIpc) is 3.57. The molecule has 1 aliphatic carbocycles. The van der Waals surface area contributed by atoms with Gasteiger partial charge in [0.1, 0.15) is 5.69 Å². The van der Waals surface area contributed by atoms with E-state index in [1.54, 1.807) is 26.4 Å². The molecule has 9 heteroatoms. The second-order valence-corrected chi connectivity index (χ2v) is 7.71. The van der Waals surface area contributed by atoms with E-state index >= 15 is 0 Å². The normalized spacial score (nSPS) is 14.1. The van der Waals surface area contributed by atoms with Crippen LogP contribution in [0.1, 0.15) is 34.8 Å². The number of hydrogen-bond acceptors (Lipinski definition) is 7. The molecule has 0 radical (unpaired) electrons. The Hall–Kier alpha value is -3.33. The molecule has 166 valence electrons. The molecule has 0 heterocycles. The number of hydrogen-bond donors (Lipinski definition) is 2. The maximum Gasteiger partial charge on any atom is 0.293 e. The first kappa shape index (κ1) is 22.4. The number of benzene rings is 2. The molecule has 9 nitrogen and oxygen atoms in total. The zero-order chi connectivity index (χ0) is 22.5. The van der Waals surface area contributed by atoms with Crippen molar-refractivity contribution in [3.8, 4) is 11.5 Å². The topological polar surface area (TPSA) is 106 Å². The van der Waals surface area contributed by atoms with Crippen molar-refractivity contribution in [2.24, 2.45) is 0 Å². The van der Waals surface area contributed by atoms with Crippen molar-refractivity contribution in [3.05, 3.63) is 57.6 Å². The van der Waals surface area contributed by atoms with Gasteiger partial charge in [-0.1, -0.05) is 6.07 Å². The number of carbonyl (C=O) groups is 1. The van der Waals surface area contributed by atoms with Crippen molar-refractivity contribution in [1.29, 1.82) is 0 Å². The largest absolute Gasteiger partial charge is 0.493 e. The third-order valence-electron chi connectivity index (χ3n) is 5.27. The number of anilines is 1. The number of methoxy groups -OCH3 is 2. The molecular weight excluding hydrogens is 400 g/mol. The minimum Gasteiger partial charge on any atom is -0.493 e. The van der Waals surface area contributed by atoms with Crippen molar-refractivity contribution in [1.82, 2.24) is 10.2 Å². The van der Waals surface area contributed by atoms with Crippen LogP contribution in [0.15, 0.2) is 36.4 Å². The minimum atomic E-state index is -0.465. The minimum absolute atomic E-state index is 0.0939. The SMILES string of the molecule is COc1ccc(C(CNC(=O)c2ccc(NC3CC3)c([N+](=O)[O-])c2)N(C)C)cc1OC. The molecule has 1 aliphatic rings. The molecule has 1 atom stereocenters. The molecule has 1 amide bonds. The molecule has 0 saturated heterocycles. The second kappa shape index (κ2) is 9.65. The van der Waals surface area contributed by atoms with Gasteiger partial charge in [-0.15, -0.1) is 0 Å². The first-order chi connectivity index (χ1) is 14.8. The lowest BCUT2D eigenvalue weighted by molar-refractivity contribution is -0.384. The lowest BCUT2D eigenvalue weighted by atomic mass is 10.0. The Bertz CT molecular complexity index is 959. The van der Waals surface area contributed by atoms with E-state index in [9.17, 15) is 14.9 Å². The molecule has 0 bridgehead atoms. The van der Waals surface area contributed by atoms with Crippen LogP contribution < -0.4 is 20.1 Å². The van der Waals surface area contributed by atoms with E-state index in [4.69, 9.17) is 9.47 Å². The maximum absolute atomic E-state index is 12.7. The predicted octanol–water partition coefficient (Wildman–Crippen LogP) is 3.22. The van der Waals surface area contributed by atoms with Crippen molar-refractivity contribution in [2.75, 3.05) is 40.2 Å². The van der Waals surface area contributed by atoms with Gasteiger partial charge in [-0.2, -0.15) is 0 Å². The number of likely N-dealkylation sites (N-methyl/N-ethyl adjacent to an activating group) is 1. The van der Waals surface area contributed by atoms with Crippen molar-refractivity contribution in [2.45, 2.75) is 24.9 Å². The molecule has 0 aliphatic heterocycles. The molecule has 31 heavy (non-hydrogen) atoms. The quantitative estimate of drug-likeness (QED) is 0.442. The van der Waals surface area contributed by atoms with Crippen LogP contribution >= 0.6 is 0 Å². The first-order valence-electron chi connectivity index (χ1n) is 10.1. The summed E-state index contributed by atoms with van der Waals surface area (Å²) in [7, 11) is 6.97. The number of amides is 1. The Morgan fingerprint density at radius 2 is 1.87 bits per heavy atom. The number of rotatable bonds is 10. The summed E-state index contributed by atoms with van der Waals surface area (Å²) in [5.41, 5.74) is 1.54. The highest BCUT2D eigenvalue weighted by atomic mass is 16.6. The number of nitro groups is 1. The van der Waals surface area contributed by atoms with E-state index < -0.39 is 4.92 Å². The fourth-order valence-corrected chi connectivity index (χ4v) is 3.34. The Morgan fingerprint density at radius 3 is 2.45 bits per heavy atom. The number of carbonyl (C=O) groups excluding carboxylic acids is 1. The van der Waals surface area contributed by atoms with Crippen LogP contribution in [-0.2, 0) is 0 Å². The van der Waals surface area contributed by atoms with Crippen LogP contribution in [0.4, 0.5) is 11.4 Å². The molecule has 1 saturated carbocycles. The summed E-state index contributed by atoms with van der Waals surface area (Å²) < 4.78 is 10.7. The average molecular weight is 428 g/mol. The first-order valence-corrected chi connectivity index (χ1v) is 10.1. The molecular formula is C22H28N4O5. The number of nitrogens with zero attached hydrogens (tertiary/aromatic N) is 2. The van der Waals surface area contributed by atoms with Gasteiger partial charge in [-0.3, -0.25) is 14.9 Å². The highest BCUT2D eigenvalue weighted by molar-refractivity contribution is 5.95. The van der Waals surface area contributed by atoms with Gasteiger partial charge in [-0.05, 0) is 56.8 Å². The Kier molecular flexibility index (Phi) is 6.96. The molecule has 1 unspecified atom stereocenters. The van der Waals surface area contributed by atoms with Gasteiger partial charge in [0.15, 0.2) is 11.5 Å². The summed E-state index contributed by atoms with van der Waals surface area (Å²) in [6, 6.07) is 10.3. The lowest BCUT2D eigenvalue weighted by Gasteiger charge is -2.26. The van der Waals surface area contributed by atoms with E-state index in [-0.39, 0.29) is 29.2 Å². The molecule has 2 aromatic carbocycles. The predicted molar refractivity (Wildman–Crippen MR) is 118 cm³/mol. The fourth-order valence-electron chi connectivity index (χ4n) is 3.34. The molecule has 0 spiro atoms. The summed E-state index contributed by atoms with van der Waals surface area (Å²) in [5, 5.41) is 17.5. The van der Waals surface area contributed by atoms with Crippen LogP contribution in [-0.4, -0.2) is 56.6 Å². The molecule has 0 aromatic heterocycles. The third-order valence-corrected chi connectivity index (χ3v) is 5.27. The Morgan fingerprint density at radius 1 is 1.16 bits per heavy atom. The zero-order valence-electron chi connectivity index (χ0n) is 18.2. The molecule has 2 N–H and O–H groups in total. The monoisotopic (exact) mass is 428 g/mol. The molecule has 3 rings (SSSR count). The van der Waals surface area contributed by atoms with Gasteiger partial charge >= 0.3 is 0 Å². The highest BCUT2D eigenvalue weighted by Crippen LogP contribution is 2.32. The standard InChI is InChI=1S/C22H28N4O5/c1-25(2)19(14-6-10-20(30-3)21(12-14)31-4)13-23-22(27)15-5-9-17(24-16-7-8-16)18(11-15)26(28)29/h5-6,9-12,16,19,24H,7-8,13H2,1-4H3,(H,23,27). The number of ether oxygens (including phenoxy) is 2. The summed E-state index contributed by atoms with van der Waals surface area (Å²) in [6.07, 6.45) is 2.00. The van der Waals surface area contributed by atoms with Crippen LogP contribution in [0.2, 0.25) is 0 Å². The van der Waals surface area contributed by atoms with Crippen LogP contribution in [0, 0.1) is 10.1 Å². The smallest absolute Gasteiger partial charge is 0.293 e. The van der Waals surface area contributed by atoms with E-state index in [1.807, 2.05) is 37.2 Å². The Labute approximate surface area is 181 Å².